The van der Waals surface area contributed by atoms with Crippen molar-refractivity contribution in [2.45, 2.75) is 13.3 Å². The molecule has 2 rings (SSSR count). The van der Waals surface area contributed by atoms with Crippen LogP contribution in [0, 0.1) is 6.92 Å². The number of rotatable bonds is 3. The fraction of sp³-hybridized carbons (Fsp3) is 0.182. The van der Waals surface area contributed by atoms with E-state index in [2.05, 4.69) is 9.97 Å². The van der Waals surface area contributed by atoms with Crippen molar-refractivity contribution >= 4 is 28.7 Å². The number of aryl methyl sites for hydroxylation is 1. The molecule has 0 bridgehead atoms. The summed E-state index contributed by atoms with van der Waals surface area (Å²) in [5, 5.41) is 0. The van der Waals surface area contributed by atoms with Gasteiger partial charge in [0.2, 0.25) is 5.78 Å². The zero-order valence-corrected chi connectivity index (χ0v) is 10.2. The van der Waals surface area contributed by atoms with E-state index in [0.717, 1.165) is 10.4 Å². The van der Waals surface area contributed by atoms with Crippen LogP contribution in [0.25, 0.3) is 0 Å². The van der Waals surface area contributed by atoms with E-state index in [9.17, 15) is 4.79 Å². The second-order valence-electron chi connectivity index (χ2n) is 3.39. The van der Waals surface area contributed by atoms with Gasteiger partial charge in [0.25, 0.3) is 0 Å². The van der Waals surface area contributed by atoms with Crippen LogP contribution in [-0.4, -0.2) is 15.8 Å². The van der Waals surface area contributed by atoms with Crippen LogP contribution in [0.1, 0.15) is 21.1 Å². The minimum atomic E-state index is -0.0847. The van der Waals surface area contributed by atoms with Crippen molar-refractivity contribution in [1.29, 1.82) is 0 Å². The van der Waals surface area contributed by atoms with E-state index in [-0.39, 0.29) is 11.6 Å². The van der Waals surface area contributed by atoms with Crippen molar-refractivity contribution in [3.8, 4) is 0 Å². The van der Waals surface area contributed by atoms with E-state index in [1.165, 1.54) is 11.3 Å². The Hall–Kier alpha value is -1.26. The van der Waals surface area contributed by atoms with Crippen LogP contribution in [-0.2, 0) is 6.42 Å². The number of nitrogens with zero attached hydrogens (tertiary/aromatic N) is 2. The van der Waals surface area contributed by atoms with Gasteiger partial charge in [0.15, 0.2) is 5.82 Å². The first-order valence-corrected chi connectivity index (χ1v) is 5.90. The maximum Gasteiger partial charge on any atom is 0.205 e. The Kier molecular flexibility index (Phi) is 3.31. The van der Waals surface area contributed by atoms with Gasteiger partial charge < -0.3 is 0 Å². The summed E-state index contributed by atoms with van der Waals surface area (Å²) in [7, 11) is 0. The molecule has 0 saturated carbocycles. The number of thiophene rings is 1. The molecule has 0 aliphatic heterocycles. The highest BCUT2D eigenvalue weighted by atomic mass is 35.5. The molecule has 2 aromatic heterocycles. The lowest BCUT2D eigenvalue weighted by molar-refractivity contribution is 0.0984. The molecule has 0 fully saturated rings. The average molecular weight is 253 g/mol. The molecule has 0 atom stereocenters. The molecule has 2 heterocycles. The molecule has 0 amide bonds. The summed E-state index contributed by atoms with van der Waals surface area (Å²) in [6.45, 7) is 1.88. The first-order valence-electron chi connectivity index (χ1n) is 4.71. The van der Waals surface area contributed by atoms with Crippen LogP contribution in [0.2, 0.25) is 4.34 Å². The minimum absolute atomic E-state index is 0.0847. The van der Waals surface area contributed by atoms with Crippen molar-refractivity contribution in [3.63, 3.8) is 0 Å². The monoisotopic (exact) mass is 252 g/mol. The van der Waals surface area contributed by atoms with E-state index < -0.39 is 0 Å². The molecule has 0 N–H and O–H groups in total. The third kappa shape index (κ3) is 2.65. The van der Waals surface area contributed by atoms with Crippen molar-refractivity contribution in [2.24, 2.45) is 0 Å². The third-order valence-corrected chi connectivity index (χ3v) is 3.23. The second-order valence-corrected chi connectivity index (χ2v) is 5.19. The summed E-state index contributed by atoms with van der Waals surface area (Å²) in [5.41, 5.74) is 0.940. The Bertz CT molecular complexity index is 507. The van der Waals surface area contributed by atoms with Crippen molar-refractivity contribution in [3.05, 3.63) is 45.1 Å². The molecule has 0 unspecified atom stereocenters. The summed E-state index contributed by atoms with van der Waals surface area (Å²) in [5.74, 6) is 0.175. The summed E-state index contributed by atoms with van der Waals surface area (Å²) in [4.78, 5) is 20.7. The first-order chi connectivity index (χ1) is 7.65. The lowest BCUT2D eigenvalue weighted by Crippen LogP contribution is -2.07. The molecule has 0 radical (unpaired) electrons. The molecule has 16 heavy (non-hydrogen) atoms. The van der Waals surface area contributed by atoms with Gasteiger partial charge >= 0.3 is 0 Å². The molecule has 3 nitrogen and oxygen atoms in total. The van der Waals surface area contributed by atoms with Gasteiger partial charge in [-0.05, 0) is 24.6 Å². The molecule has 0 aliphatic carbocycles. The zero-order valence-electron chi connectivity index (χ0n) is 8.61. The number of carbonyl (C=O) groups is 1. The number of hydrogen-bond acceptors (Lipinski definition) is 4. The predicted molar refractivity (Wildman–Crippen MR) is 64.1 cm³/mol. The highest BCUT2D eigenvalue weighted by molar-refractivity contribution is 7.16. The quantitative estimate of drug-likeness (QED) is 0.789. The standard InChI is InChI=1S/C11H9ClN2OS/c1-7-5-13-11(14-6-7)9(15)4-8-2-3-10(12)16-8/h2-3,5-6H,4H2,1H3. The average Bonchev–Trinajstić information content (AvgIpc) is 2.65. The third-order valence-electron chi connectivity index (χ3n) is 1.99. The van der Waals surface area contributed by atoms with Crippen LogP contribution in [0.4, 0.5) is 0 Å². The van der Waals surface area contributed by atoms with Gasteiger partial charge in [0, 0.05) is 23.7 Å². The molecule has 82 valence electrons. The zero-order chi connectivity index (χ0) is 11.5. The van der Waals surface area contributed by atoms with Crippen LogP contribution in [0.5, 0.6) is 0 Å². The van der Waals surface area contributed by atoms with E-state index in [4.69, 9.17) is 11.6 Å². The fourth-order valence-electron chi connectivity index (χ4n) is 1.22. The van der Waals surface area contributed by atoms with Gasteiger partial charge in [-0.1, -0.05) is 11.6 Å². The highest BCUT2D eigenvalue weighted by Crippen LogP contribution is 2.22. The Morgan fingerprint density at radius 2 is 2.06 bits per heavy atom. The number of Topliss-reactive ketones (excluding diaryl/α,β-unsaturated/α-hetero) is 1. The lowest BCUT2D eigenvalue weighted by Gasteiger charge is -1.97. The van der Waals surface area contributed by atoms with E-state index in [1.54, 1.807) is 18.5 Å². The summed E-state index contributed by atoms with van der Waals surface area (Å²) >= 11 is 7.19. The van der Waals surface area contributed by atoms with Gasteiger partial charge in [0.05, 0.1) is 4.34 Å². The maximum atomic E-state index is 11.8. The molecule has 0 aliphatic rings. The summed E-state index contributed by atoms with van der Waals surface area (Å²) in [6.07, 6.45) is 3.59. The van der Waals surface area contributed by atoms with Gasteiger partial charge in [-0.15, -0.1) is 11.3 Å². The number of ketones is 1. The van der Waals surface area contributed by atoms with E-state index >= 15 is 0 Å². The van der Waals surface area contributed by atoms with Crippen LogP contribution >= 0.6 is 22.9 Å². The number of halogens is 1. The molecular formula is C11H9ClN2OS. The summed E-state index contributed by atoms with van der Waals surface area (Å²) < 4.78 is 0.688. The van der Waals surface area contributed by atoms with Crippen molar-refractivity contribution in [1.82, 2.24) is 9.97 Å². The number of hydrogen-bond donors (Lipinski definition) is 0. The Morgan fingerprint density at radius 1 is 1.38 bits per heavy atom. The molecule has 0 spiro atoms. The second kappa shape index (κ2) is 4.72. The van der Waals surface area contributed by atoms with Gasteiger partial charge in [-0.25, -0.2) is 9.97 Å². The number of aromatic nitrogens is 2. The minimum Gasteiger partial charge on any atom is -0.290 e. The maximum absolute atomic E-state index is 11.8. The highest BCUT2D eigenvalue weighted by Gasteiger charge is 2.11. The topological polar surface area (TPSA) is 42.9 Å². The SMILES string of the molecule is Cc1cnc(C(=O)Cc2ccc(Cl)s2)nc1. The normalized spacial score (nSPS) is 10.4. The molecular weight excluding hydrogens is 244 g/mol. The Labute approximate surface area is 102 Å². The van der Waals surface area contributed by atoms with Crippen LogP contribution in [0.3, 0.4) is 0 Å². The van der Waals surface area contributed by atoms with Crippen LogP contribution in [0.15, 0.2) is 24.5 Å². The van der Waals surface area contributed by atoms with Gasteiger partial charge in [-0.2, -0.15) is 0 Å². The summed E-state index contributed by atoms with van der Waals surface area (Å²) in [6, 6.07) is 3.63. The van der Waals surface area contributed by atoms with Crippen molar-refractivity contribution in [2.75, 3.05) is 0 Å². The lowest BCUT2D eigenvalue weighted by atomic mass is 10.2. The smallest absolute Gasteiger partial charge is 0.205 e. The van der Waals surface area contributed by atoms with Gasteiger partial charge in [0.1, 0.15) is 0 Å². The fourth-order valence-corrected chi connectivity index (χ4v) is 2.31. The molecule has 0 saturated heterocycles. The largest absolute Gasteiger partial charge is 0.290 e. The Balaban J connectivity index is 2.11. The van der Waals surface area contributed by atoms with E-state index in [1.807, 2.05) is 13.0 Å². The first kappa shape index (κ1) is 11.2. The Morgan fingerprint density at radius 3 is 2.62 bits per heavy atom. The molecule has 2 aromatic rings. The van der Waals surface area contributed by atoms with Gasteiger partial charge in [-0.3, -0.25) is 4.79 Å². The predicted octanol–water partition coefficient (Wildman–Crippen LogP) is 2.93. The van der Waals surface area contributed by atoms with Crippen LogP contribution < -0.4 is 0 Å². The van der Waals surface area contributed by atoms with Crippen molar-refractivity contribution < 1.29 is 4.79 Å². The van der Waals surface area contributed by atoms with E-state index in [0.29, 0.717) is 10.8 Å². The molecule has 0 aromatic carbocycles. The number of carbonyl (C=O) groups excluding carboxylic acids is 1. The molecule has 5 heteroatoms.